The molecule has 6 heteroatoms. The van der Waals surface area contributed by atoms with Crippen molar-refractivity contribution in [1.82, 2.24) is 5.32 Å². The lowest BCUT2D eigenvalue weighted by Crippen LogP contribution is -2.49. The first-order valence-corrected chi connectivity index (χ1v) is 11.3. The second-order valence-corrected chi connectivity index (χ2v) is 9.44. The van der Waals surface area contributed by atoms with Crippen LogP contribution >= 0.6 is 0 Å². The van der Waals surface area contributed by atoms with Gasteiger partial charge in [0.15, 0.2) is 0 Å². The van der Waals surface area contributed by atoms with Crippen molar-refractivity contribution in [1.29, 1.82) is 0 Å². The summed E-state index contributed by atoms with van der Waals surface area (Å²) >= 11 is 0. The number of hydrogen-bond donors (Lipinski definition) is 1. The summed E-state index contributed by atoms with van der Waals surface area (Å²) in [4.78, 5) is 13.2. The molecule has 0 radical (unpaired) electrons. The lowest BCUT2D eigenvalue weighted by Gasteiger charge is -2.28. The Labute approximate surface area is 160 Å². The first-order valence-electron chi connectivity index (χ1n) is 9.87. The molecule has 5 nitrogen and oxygen atoms in total. The number of carbonyl (C=O) groups excluding carboxylic acids is 1. The average molecular weight is 387 g/mol. The number of nitrogens with one attached hydrogen (secondary N) is 1. The van der Waals surface area contributed by atoms with Gasteiger partial charge in [-0.3, -0.25) is 9.10 Å². The normalized spacial score (nSPS) is 20.9. The van der Waals surface area contributed by atoms with Crippen molar-refractivity contribution < 1.29 is 13.2 Å². The Hall–Kier alpha value is -2.08. The fourth-order valence-electron chi connectivity index (χ4n) is 4.37. The number of amides is 1. The van der Waals surface area contributed by atoms with Crippen LogP contribution in [-0.4, -0.2) is 26.4 Å². The molecule has 144 valence electrons. The van der Waals surface area contributed by atoms with Crippen LogP contribution < -0.4 is 9.62 Å². The SMILES string of the molecule is C[C@@H](C(=O)NC1CCCCCCC1)N1c2cccc3cccc(c23)S1(=O)=O. The third kappa shape index (κ3) is 3.20. The quantitative estimate of drug-likeness (QED) is 0.868. The lowest BCUT2D eigenvalue weighted by atomic mass is 9.96. The third-order valence-corrected chi connectivity index (χ3v) is 7.73. The molecule has 0 unspecified atom stereocenters. The van der Waals surface area contributed by atoms with Crippen LogP contribution in [0.25, 0.3) is 10.8 Å². The molecule has 0 bridgehead atoms. The van der Waals surface area contributed by atoms with Crippen molar-refractivity contribution in [2.75, 3.05) is 4.31 Å². The van der Waals surface area contributed by atoms with E-state index in [0.29, 0.717) is 16.0 Å². The highest BCUT2D eigenvalue weighted by atomic mass is 32.2. The van der Waals surface area contributed by atoms with Gasteiger partial charge < -0.3 is 5.32 Å². The fourth-order valence-corrected chi connectivity index (χ4v) is 6.23. The molecule has 4 rings (SSSR count). The Morgan fingerprint density at radius 3 is 2.37 bits per heavy atom. The molecule has 1 aliphatic heterocycles. The minimum absolute atomic E-state index is 0.142. The van der Waals surface area contributed by atoms with Gasteiger partial charge in [0.05, 0.1) is 10.6 Å². The van der Waals surface area contributed by atoms with Gasteiger partial charge in [-0.25, -0.2) is 8.42 Å². The number of benzene rings is 2. The summed E-state index contributed by atoms with van der Waals surface area (Å²) in [6, 6.07) is 10.2. The van der Waals surface area contributed by atoms with Gasteiger partial charge >= 0.3 is 0 Å². The van der Waals surface area contributed by atoms with Crippen molar-refractivity contribution in [3.8, 4) is 0 Å². The van der Waals surface area contributed by atoms with Gasteiger partial charge in [0, 0.05) is 11.4 Å². The molecule has 1 heterocycles. The molecule has 0 spiro atoms. The van der Waals surface area contributed by atoms with E-state index in [1.165, 1.54) is 23.6 Å². The van der Waals surface area contributed by atoms with E-state index >= 15 is 0 Å². The Bertz CT molecular complexity index is 957. The summed E-state index contributed by atoms with van der Waals surface area (Å²) in [6.45, 7) is 1.68. The van der Waals surface area contributed by atoms with Crippen molar-refractivity contribution >= 4 is 32.4 Å². The number of hydrogen-bond acceptors (Lipinski definition) is 3. The van der Waals surface area contributed by atoms with Crippen molar-refractivity contribution in [3.05, 3.63) is 36.4 Å². The number of anilines is 1. The molecule has 1 saturated carbocycles. The summed E-state index contributed by atoms with van der Waals surface area (Å²) in [5.41, 5.74) is 0.600. The van der Waals surface area contributed by atoms with E-state index in [1.54, 1.807) is 25.1 Å². The van der Waals surface area contributed by atoms with Gasteiger partial charge in [-0.1, -0.05) is 56.4 Å². The van der Waals surface area contributed by atoms with Crippen LogP contribution in [0.15, 0.2) is 41.3 Å². The Kier molecular flexibility index (Phi) is 4.84. The molecule has 1 aliphatic carbocycles. The van der Waals surface area contributed by atoms with Crippen LogP contribution in [0.4, 0.5) is 5.69 Å². The molecule has 1 atom stereocenters. The number of nitrogens with zero attached hydrogens (tertiary/aromatic N) is 1. The molecule has 2 aliphatic rings. The first-order chi connectivity index (χ1) is 13.0. The third-order valence-electron chi connectivity index (χ3n) is 5.80. The second-order valence-electron chi connectivity index (χ2n) is 7.66. The Morgan fingerprint density at radius 1 is 1.04 bits per heavy atom. The summed E-state index contributed by atoms with van der Waals surface area (Å²) in [5.74, 6) is -0.214. The van der Waals surface area contributed by atoms with E-state index in [4.69, 9.17) is 0 Å². The standard InChI is InChI=1S/C21H26N2O3S/c1-15(21(24)22-17-11-5-3-2-4-6-12-17)23-18-13-7-9-16-10-8-14-19(20(16)18)27(23,25)26/h7-10,13-15,17H,2-6,11-12H2,1H3,(H,22,24)/t15-/m0/s1. The van der Waals surface area contributed by atoms with Crippen LogP contribution in [-0.2, 0) is 14.8 Å². The monoisotopic (exact) mass is 386 g/mol. The number of carbonyl (C=O) groups is 1. The maximum absolute atomic E-state index is 13.1. The smallest absolute Gasteiger partial charge is 0.265 e. The summed E-state index contributed by atoms with van der Waals surface area (Å²) < 4.78 is 27.6. The summed E-state index contributed by atoms with van der Waals surface area (Å²) in [5, 5.41) is 4.71. The first kappa shape index (κ1) is 18.3. The highest BCUT2D eigenvalue weighted by Crippen LogP contribution is 2.43. The summed E-state index contributed by atoms with van der Waals surface area (Å²) in [7, 11) is -3.72. The van der Waals surface area contributed by atoms with E-state index in [2.05, 4.69) is 5.32 Å². The molecule has 2 aromatic carbocycles. The zero-order valence-corrected chi connectivity index (χ0v) is 16.5. The number of sulfonamides is 1. The van der Waals surface area contributed by atoms with Crippen LogP contribution in [0.5, 0.6) is 0 Å². The zero-order chi connectivity index (χ0) is 19.0. The second kappa shape index (κ2) is 7.15. The van der Waals surface area contributed by atoms with E-state index in [1.807, 2.05) is 18.2 Å². The van der Waals surface area contributed by atoms with Gasteiger partial charge in [0.25, 0.3) is 10.0 Å². The molecule has 2 aromatic rings. The predicted molar refractivity (Wildman–Crippen MR) is 107 cm³/mol. The molecule has 27 heavy (non-hydrogen) atoms. The number of rotatable bonds is 3. The molecule has 0 saturated heterocycles. The Balaban J connectivity index is 1.61. The predicted octanol–water partition coefficient (Wildman–Crippen LogP) is 3.97. The van der Waals surface area contributed by atoms with Gasteiger partial charge in [-0.2, -0.15) is 0 Å². The maximum Gasteiger partial charge on any atom is 0.265 e. The van der Waals surface area contributed by atoms with Crippen LogP contribution in [0.1, 0.15) is 51.9 Å². The molecular formula is C21H26N2O3S. The van der Waals surface area contributed by atoms with E-state index < -0.39 is 16.1 Å². The van der Waals surface area contributed by atoms with Crippen LogP contribution in [0.3, 0.4) is 0 Å². The van der Waals surface area contributed by atoms with Crippen molar-refractivity contribution in [2.24, 2.45) is 0 Å². The largest absolute Gasteiger partial charge is 0.352 e. The molecule has 1 fully saturated rings. The zero-order valence-electron chi connectivity index (χ0n) is 15.6. The van der Waals surface area contributed by atoms with E-state index in [-0.39, 0.29) is 11.9 Å². The molecule has 1 N–H and O–H groups in total. The lowest BCUT2D eigenvalue weighted by molar-refractivity contribution is -0.122. The average Bonchev–Trinajstić information content (AvgIpc) is 2.86. The maximum atomic E-state index is 13.1. The van der Waals surface area contributed by atoms with Gasteiger partial charge in [-0.05, 0) is 37.3 Å². The Morgan fingerprint density at radius 2 is 1.67 bits per heavy atom. The van der Waals surface area contributed by atoms with Gasteiger partial charge in [0.2, 0.25) is 5.91 Å². The van der Waals surface area contributed by atoms with Gasteiger partial charge in [0.1, 0.15) is 6.04 Å². The van der Waals surface area contributed by atoms with E-state index in [9.17, 15) is 13.2 Å². The summed E-state index contributed by atoms with van der Waals surface area (Å²) in [6.07, 6.45) is 7.87. The molecular weight excluding hydrogens is 360 g/mol. The van der Waals surface area contributed by atoms with Crippen LogP contribution in [0.2, 0.25) is 0 Å². The van der Waals surface area contributed by atoms with E-state index in [0.717, 1.165) is 31.1 Å². The fraction of sp³-hybridized carbons (Fsp3) is 0.476. The van der Waals surface area contributed by atoms with Crippen molar-refractivity contribution in [3.63, 3.8) is 0 Å². The van der Waals surface area contributed by atoms with Crippen LogP contribution in [0, 0.1) is 0 Å². The minimum Gasteiger partial charge on any atom is -0.352 e. The topological polar surface area (TPSA) is 66.5 Å². The highest BCUT2D eigenvalue weighted by molar-refractivity contribution is 7.93. The molecule has 0 aromatic heterocycles. The van der Waals surface area contributed by atoms with Crippen molar-refractivity contribution in [2.45, 2.75) is 68.8 Å². The minimum atomic E-state index is -3.72. The van der Waals surface area contributed by atoms with Gasteiger partial charge in [-0.15, -0.1) is 0 Å². The highest BCUT2D eigenvalue weighted by Gasteiger charge is 2.41. The molecule has 1 amide bonds.